The van der Waals surface area contributed by atoms with E-state index in [9.17, 15) is 0 Å². The molecule has 354 valence electrons. The number of halogens is 2. The summed E-state index contributed by atoms with van der Waals surface area (Å²) in [6.07, 6.45) is 25.0. The Kier molecular flexibility index (Phi) is 16.5. The molecule has 2 aliphatic rings. The quantitative estimate of drug-likeness (QED) is 0.0529. The number of rotatable bonds is 24. The molecule has 2 aliphatic carbocycles. The summed E-state index contributed by atoms with van der Waals surface area (Å²) in [6, 6.07) is 49.6. The van der Waals surface area contributed by atoms with Crippen molar-refractivity contribution in [1.29, 1.82) is 0 Å². The summed E-state index contributed by atoms with van der Waals surface area (Å²) in [5, 5.41) is 0. The van der Waals surface area contributed by atoms with E-state index in [1.807, 2.05) is 22.7 Å². The van der Waals surface area contributed by atoms with Crippen LogP contribution in [0.2, 0.25) is 0 Å². The highest BCUT2D eigenvalue weighted by Gasteiger charge is 2.53. The summed E-state index contributed by atoms with van der Waals surface area (Å²) in [6.45, 7) is 9.21. The van der Waals surface area contributed by atoms with Crippen molar-refractivity contribution in [3.63, 3.8) is 0 Å². The van der Waals surface area contributed by atoms with Crippen LogP contribution in [-0.4, -0.2) is 0 Å². The minimum atomic E-state index is -0.470. The van der Waals surface area contributed by atoms with Crippen LogP contribution in [0.4, 0.5) is 0 Å². The van der Waals surface area contributed by atoms with Crippen LogP contribution < -0.4 is 0 Å². The standard InChI is InChI=1S/C64H72Br2S2/c1-5-9-13-17-21-45-25-33-49(34-26-45)63(50-35-27-46(28-36-50)22-18-14-10-6-2)55-41-54-56(42-53(55)61-57(63)43-59(65)67-61)64(58-44-60(66)68-62(54)58,51-37-29-47(30-38-51)23-19-15-11-7-3)52-39-31-48(32-40-52)24-20-16-12-8-4/h25-44H,5-24H2,1-4H3. The van der Waals surface area contributed by atoms with E-state index in [-0.39, 0.29) is 0 Å². The molecule has 4 heteroatoms. The van der Waals surface area contributed by atoms with Crippen molar-refractivity contribution >= 4 is 54.5 Å². The Hall–Kier alpha value is -3.54. The van der Waals surface area contributed by atoms with E-state index in [1.165, 1.54) is 198 Å². The highest BCUT2D eigenvalue weighted by molar-refractivity contribution is 9.11. The van der Waals surface area contributed by atoms with Gasteiger partial charge in [0.2, 0.25) is 0 Å². The van der Waals surface area contributed by atoms with Gasteiger partial charge in [-0.15, -0.1) is 22.7 Å². The molecule has 0 atom stereocenters. The Morgan fingerprint density at radius 2 is 0.588 bits per heavy atom. The zero-order valence-electron chi connectivity index (χ0n) is 41.3. The molecule has 0 aliphatic heterocycles. The van der Waals surface area contributed by atoms with E-state index in [0.717, 1.165) is 25.7 Å². The first-order chi connectivity index (χ1) is 33.4. The van der Waals surface area contributed by atoms with Gasteiger partial charge in [0.15, 0.2) is 0 Å². The SMILES string of the molecule is CCCCCCc1ccc(C2(c3ccc(CCCCCC)cc3)c3cc4c(cc3-c3sc(Br)cc32)C(c2ccc(CCCCCC)cc2)(c2ccc(CCCCCC)cc2)c2cc(Br)sc2-4)cc1. The second-order valence-corrected chi connectivity index (χ2v) is 24.9. The number of hydrogen-bond acceptors (Lipinski definition) is 2. The van der Waals surface area contributed by atoms with Gasteiger partial charge in [0.25, 0.3) is 0 Å². The minimum absolute atomic E-state index is 0.470. The van der Waals surface area contributed by atoms with Gasteiger partial charge in [-0.3, -0.25) is 0 Å². The Morgan fingerprint density at radius 3 is 0.838 bits per heavy atom. The predicted molar refractivity (Wildman–Crippen MR) is 304 cm³/mol. The van der Waals surface area contributed by atoms with E-state index in [0.29, 0.717) is 0 Å². The molecular weight excluding hydrogens is 993 g/mol. The number of hydrogen-bond donors (Lipinski definition) is 0. The topological polar surface area (TPSA) is 0 Å². The van der Waals surface area contributed by atoms with Crippen molar-refractivity contribution in [2.75, 3.05) is 0 Å². The van der Waals surface area contributed by atoms with Gasteiger partial charge in [-0.2, -0.15) is 0 Å². The lowest BCUT2D eigenvalue weighted by Gasteiger charge is -2.35. The zero-order chi connectivity index (χ0) is 47.1. The lowest BCUT2D eigenvalue weighted by atomic mass is 9.65. The van der Waals surface area contributed by atoms with Crippen LogP contribution in [0, 0.1) is 0 Å². The summed E-state index contributed by atoms with van der Waals surface area (Å²) >= 11 is 12.0. The second kappa shape index (κ2) is 22.7. The highest BCUT2D eigenvalue weighted by Crippen LogP contribution is 2.65. The van der Waals surface area contributed by atoms with Gasteiger partial charge in [-0.25, -0.2) is 0 Å². The molecule has 5 aromatic carbocycles. The number of unbranched alkanes of at least 4 members (excludes halogenated alkanes) is 12. The molecule has 0 fully saturated rings. The molecule has 0 radical (unpaired) electrons. The summed E-state index contributed by atoms with van der Waals surface area (Å²) < 4.78 is 2.38. The van der Waals surface area contributed by atoms with E-state index in [2.05, 4.69) is 181 Å². The maximum absolute atomic E-state index is 4.08. The summed E-state index contributed by atoms with van der Waals surface area (Å²) in [4.78, 5) is 2.77. The van der Waals surface area contributed by atoms with Crippen LogP contribution in [0.15, 0.2) is 129 Å². The van der Waals surface area contributed by atoms with Gasteiger partial charge < -0.3 is 0 Å². The number of fused-ring (bicyclic) bond motifs is 6. The fourth-order valence-corrected chi connectivity index (χ4v) is 15.2. The predicted octanol–water partition coefficient (Wildman–Crippen LogP) is 20.6. The first-order valence-electron chi connectivity index (χ1n) is 26.5. The largest absolute Gasteiger partial charge is 0.128 e. The van der Waals surface area contributed by atoms with Gasteiger partial charge in [-0.1, -0.05) is 202 Å². The first kappa shape index (κ1) is 49.4. The average molecular weight is 1070 g/mol. The molecule has 2 heterocycles. The molecule has 0 N–H and O–H groups in total. The van der Waals surface area contributed by atoms with Crippen LogP contribution in [0.1, 0.15) is 197 Å². The van der Waals surface area contributed by atoms with Crippen molar-refractivity contribution in [1.82, 2.24) is 0 Å². The summed E-state index contributed by atoms with van der Waals surface area (Å²) in [5.74, 6) is 0. The normalized spacial score (nSPS) is 14.0. The Morgan fingerprint density at radius 1 is 0.324 bits per heavy atom. The lowest BCUT2D eigenvalue weighted by Crippen LogP contribution is -2.30. The van der Waals surface area contributed by atoms with Gasteiger partial charge in [0.05, 0.1) is 18.4 Å². The number of thiophene rings is 2. The third-order valence-corrected chi connectivity index (χ3v) is 18.8. The molecule has 2 aromatic heterocycles. The van der Waals surface area contributed by atoms with Crippen LogP contribution in [0.25, 0.3) is 20.9 Å². The van der Waals surface area contributed by atoms with Crippen molar-refractivity contribution in [3.8, 4) is 20.9 Å². The summed E-state index contributed by atoms with van der Waals surface area (Å²) in [7, 11) is 0. The van der Waals surface area contributed by atoms with Crippen molar-refractivity contribution in [2.24, 2.45) is 0 Å². The molecule has 9 rings (SSSR count). The Labute approximate surface area is 434 Å². The van der Waals surface area contributed by atoms with E-state index < -0.39 is 10.8 Å². The minimum Gasteiger partial charge on any atom is -0.128 e. The van der Waals surface area contributed by atoms with E-state index in [4.69, 9.17) is 0 Å². The van der Waals surface area contributed by atoms with Crippen molar-refractivity contribution in [2.45, 2.75) is 167 Å². The molecule has 0 saturated heterocycles. The highest BCUT2D eigenvalue weighted by atomic mass is 79.9. The molecule has 0 spiro atoms. The van der Waals surface area contributed by atoms with Gasteiger partial charge in [-0.05, 0) is 185 Å². The zero-order valence-corrected chi connectivity index (χ0v) is 46.1. The molecule has 0 amide bonds. The fourth-order valence-electron chi connectivity index (χ4n) is 11.9. The fraction of sp³-hybridized carbons (Fsp3) is 0.406. The maximum Gasteiger partial charge on any atom is 0.0722 e. The second-order valence-electron chi connectivity index (χ2n) is 20.1. The van der Waals surface area contributed by atoms with Gasteiger partial charge >= 0.3 is 0 Å². The Balaban J connectivity index is 1.24. The molecule has 7 aromatic rings. The summed E-state index contributed by atoms with van der Waals surface area (Å²) in [5.41, 5.74) is 18.6. The maximum atomic E-state index is 4.08. The van der Waals surface area contributed by atoms with Crippen LogP contribution in [0.5, 0.6) is 0 Å². The van der Waals surface area contributed by atoms with Crippen LogP contribution in [0.3, 0.4) is 0 Å². The lowest BCUT2D eigenvalue weighted by molar-refractivity contribution is 0.666. The third kappa shape index (κ3) is 9.64. The average Bonchev–Trinajstić information content (AvgIpc) is 4.08. The van der Waals surface area contributed by atoms with Gasteiger partial charge in [0, 0.05) is 9.75 Å². The monoisotopic (exact) mass is 1060 g/mol. The first-order valence-corrected chi connectivity index (χ1v) is 29.8. The van der Waals surface area contributed by atoms with E-state index in [1.54, 1.807) is 0 Å². The molecular formula is C64H72Br2S2. The van der Waals surface area contributed by atoms with Gasteiger partial charge in [0.1, 0.15) is 0 Å². The van der Waals surface area contributed by atoms with Crippen LogP contribution >= 0.6 is 54.5 Å². The Bertz CT molecular complexity index is 2430. The number of aryl methyl sites for hydroxylation is 4. The molecule has 0 saturated carbocycles. The van der Waals surface area contributed by atoms with Crippen molar-refractivity contribution in [3.05, 3.63) is 196 Å². The third-order valence-electron chi connectivity index (χ3n) is 15.5. The smallest absolute Gasteiger partial charge is 0.0722 e. The molecule has 68 heavy (non-hydrogen) atoms. The number of benzene rings is 5. The van der Waals surface area contributed by atoms with E-state index >= 15 is 0 Å². The van der Waals surface area contributed by atoms with Crippen LogP contribution in [-0.2, 0) is 36.5 Å². The molecule has 0 bridgehead atoms. The van der Waals surface area contributed by atoms with Crippen molar-refractivity contribution < 1.29 is 0 Å². The molecule has 0 nitrogen and oxygen atoms in total. The molecule has 0 unspecified atom stereocenters.